The topological polar surface area (TPSA) is 56.1 Å². The van der Waals surface area contributed by atoms with Gasteiger partial charge in [0.25, 0.3) is 0 Å². The van der Waals surface area contributed by atoms with E-state index < -0.39 is 5.60 Å². The number of allylic oxidation sites excluding steroid dienone is 5. The minimum Gasteiger partial charge on any atom is -0.389 e. The fourth-order valence-corrected chi connectivity index (χ4v) is 1.03. The number of aliphatic hydroxyl groups is 1. The molecule has 1 aliphatic rings. The minimum atomic E-state index is -0.729. The summed E-state index contributed by atoms with van der Waals surface area (Å²) in [6.45, 7) is 3.95. The van der Waals surface area contributed by atoms with Crippen LogP contribution < -0.4 is 5.32 Å². The van der Waals surface area contributed by atoms with Crippen molar-refractivity contribution in [1.82, 2.24) is 5.32 Å². The molecule has 3 heteroatoms. The zero-order chi connectivity index (χ0) is 10.6. The molecule has 3 N–H and O–H groups in total. The zero-order valence-corrected chi connectivity index (χ0v) is 8.54. The third kappa shape index (κ3) is 3.58. The van der Waals surface area contributed by atoms with Gasteiger partial charge in [-0.25, -0.2) is 0 Å². The molecule has 0 saturated carbocycles. The Morgan fingerprint density at radius 2 is 2.07 bits per heavy atom. The molecule has 0 unspecified atom stereocenters. The summed E-state index contributed by atoms with van der Waals surface area (Å²) in [4.78, 5) is 0. The quantitative estimate of drug-likeness (QED) is 0.632. The molecule has 1 rings (SSSR count). The van der Waals surface area contributed by atoms with E-state index in [-0.39, 0.29) is 0 Å². The van der Waals surface area contributed by atoms with Crippen molar-refractivity contribution in [2.24, 2.45) is 0 Å². The van der Waals surface area contributed by atoms with Gasteiger partial charge in [-0.3, -0.25) is 0 Å². The van der Waals surface area contributed by atoms with Crippen LogP contribution in [0.3, 0.4) is 0 Å². The van der Waals surface area contributed by atoms with E-state index in [2.05, 4.69) is 5.32 Å². The maximum absolute atomic E-state index is 9.44. The lowest BCUT2D eigenvalue weighted by molar-refractivity contribution is 0.0835. The molecule has 0 radical (unpaired) electrons. The van der Waals surface area contributed by atoms with Gasteiger partial charge in [-0.05, 0) is 19.9 Å². The monoisotopic (exact) mass is 192 g/mol. The highest BCUT2D eigenvalue weighted by molar-refractivity contribution is 6.09. The van der Waals surface area contributed by atoms with Crippen molar-refractivity contribution < 1.29 is 5.11 Å². The molecule has 0 bridgehead atoms. The molecule has 0 aromatic carbocycles. The molecule has 0 heterocycles. The van der Waals surface area contributed by atoms with E-state index in [1.165, 1.54) is 0 Å². The molecule has 0 aliphatic heterocycles. The van der Waals surface area contributed by atoms with Crippen LogP contribution in [-0.4, -0.2) is 23.0 Å². The van der Waals surface area contributed by atoms with E-state index in [1.54, 1.807) is 26.1 Å². The second-order valence-corrected chi connectivity index (χ2v) is 3.92. The van der Waals surface area contributed by atoms with Crippen molar-refractivity contribution in [3.8, 4) is 0 Å². The Morgan fingerprint density at radius 3 is 2.64 bits per heavy atom. The van der Waals surface area contributed by atoms with Crippen molar-refractivity contribution >= 4 is 5.71 Å². The van der Waals surface area contributed by atoms with Gasteiger partial charge in [0.15, 0.2) is 0 Å². The molecule has 0 fully saturated rings. The van der Waals surface area contributed by atoms with Gasteiger partial charge in [0, 0.05) is 18.3 Å². The molecule has 0 amide bonds. The standard InChI is InChI=1S/C11H16N2O/c1-11(2,14)8-13-7-9-5-3-4-6-10(9)12/h3-7,12-14H,8H2,1-2H3/b9-7-,12-10?. The molecule has 14 heavy (non-hydrogen) atoms. The number of hydrogen-bond donors (Lipinski definition) is 3. The first-order valence-electron chi connectivity index (χ1n) is 4.59. The second-order valence-electron chi connectivity index (χ2n) is 3.92. The highest BCUT2D eigenvalue weighted by Gasteiger charge is 2.10. The predicted molar refractivity (Wildman–Crippen MR) is 58.4 cm³/mol. The van der Waals surface area contributed by atoms with E-state index in [1.807, 2.05) is 18.2 Å². The first-order valence-corrected chi connectivity index (χ1v) is 4.59. The Labute approximate surface area is 84.3 Å². The van der Waals surface area contributed by atoms with Crippen molar-refractivity contribution in [3.05, 3.63) is 36.1 Å². The van der Waals surface area contributed by atoms with E-state index >= 15 is 0 Å². The van der Waals surface area contributed by atoms with Gasteiger partial charge < -0.3 is 15.8 Å². The van der Waals surface area contributed by atoms with Gasteiger partial charge in [-0.2, -0.15) is 0 Å². The van der Waals surface area contributed by atoms with Crippen LogP contribution in [-0.2, 0) is 0 Å². The molecule has 3 nitrogen and oxygen atoms in total. The van der Waals surface area contributed by atoms with Crippen molar-refractivity contribution in [3.63, 3.8) is 0 Å². The van der Waals surface area contributed by atoms with E-state index in [9.17, 15) is 5.11 Å². The van der Waals surface area contributed by atoms with Crippen LogP contribution in [0.15, 0.2) is 36.1 Å². The Bertz CT molecular complexity index is 306. The van der Waals surface area contributed by atoms with Crippen molar-refractivity contribution in [2.75, 3.05) is 6.54 Å². The van der Waals surface area contributed by atoms with Crippen molar-refractivity contribution in [1.29, 1.82) is 5.41 Å². The van der Waals surface area contributed by atoms with Crippen LogP contribution in [0.5, 0.6) is 0 Å². The Kier molecular flexibility index (Phi) is 3.25. The van der Waals surface area contributed by atoms with E-state index in [4.69, 9.17) is 5.41 Å². The number of nitrogens with one attached hydrogen (secondary N) is 2. The molecule has 0 spiro atoms. The summed E-state index contributed by atoms with van der Waals surface area (Å²) in [6.07, 6.45) is 9.06. The Balaban J connectivity index is 2.50. The zero-order valence-electron chi connectivity index (χ0n) is 8.54. The van der Waals surface area contributed by atoms with Crippen LogP contribution in [0.1, 0.15) is 13.8 Å². The summed E-state index contributed by atoms with van der Waals surface area (Å²) in [5.74, 6) is 0. The van der Waals surface area contributed by atoms with E-state index in [0.29, 0.717) is 12.3 Å². The number of hydrogen-bond acceptors (Lipinski definition) is 3. The fraction of sp³-hybridized carbons (Fsp3) is 0.364. The normalized spacial score (nSPS) is 19.1. The summed E-state index contributed by atoms with van der Waals surface area (Å²) >= 11 is 0. The lowest BCUT2D eigenvalue weighted by atomic mass is 10.1. The van der Waals surface area contributed by atoms with Gasteiger partial charge in [-0.15, -0.1) is 0 Å². The summed E-state index contributed by atoms with van der Waals surface area (Å²) in [5.41, 5.74) is 0.584. The van der Waals surface area contributed by atoms with Gasteiger partial charge >= 0.3 is 0 Å². The lowest BCUT2D eigenvalue weighted by Gasteiger charge is -2.17. The van der Waals surface area contributed by atoms with Crippen LogP contribution in [0, 0.1) is 5.41 Å². The van der Waals surface area contributed by atoms with Gasteiger partial charge in [0.2, 0.25) is 0 Å². The third-order valence-electron chi connectivity index (χ3n) is 1.75. The summed E-state index contributed by atoms with van der Waals surface area (Å²) in [6, 6.07) is 0. The molecule has 0 atom stereocenters. The molecule has 76 valence electrons. The molecule has 0 aromatic heterocycles. The van der Waals surface area contributed by atoms with Crippen LogP contribution in [0.4, 0.5) is 0 Å². The maximum atomic E-state index is 9.44. The largest absolute Gasteiger partial charge is 0.389 e. The van der Waals surface area contributed by atoms with Gasteiger partial charge in [0.05, 0.1) is 11.3 Å². The smallest absolute Gasteiger partial charge is 0.0763 e. The maximum Gasteiger partial charge on any atom is 0.0763 e. The second kappa shape index (κ2) is 4.24. The lowest BCUT2D eigenvalue weighted by Crippen LogP contribution is -2.32. The van der Waals surface area contributed by atoms with Crippen molar-refractivity contribution in [2.45, 2.75) is 19.4 Å². The summed E-state index contributed by atoms with van der Waals surface area (Å²) in [7, 11) is 0. The van der Waals surface area contributed by atoms with E-state index in [0.717, 1.165) is 5.57 Å². The van der Waals surface area contributed by atoms with Gasteiger partial charge in [-0.1, -0.05) is 18.2 Å². The predicted octanol–water partition coefficient (Wildman–Crippen LogP) is 1.38. The molecular weight excluding hydrogens is 176 g/mol. The highest BCUT2D eigenvalue weighted by atomic mass is 16.3. The van der Waals surface area contributed by atoms with Crippen LogP contribution in [0.25, 0.3) is 0 Å². The average Bonchev–Trinajstić information content (AvgIpc) is 2.06. The fourth-order valence-electron chi connectivity index (χ4n) is 1.03. The number of rotatable bonds is 3. The first-order chi connectivity index (χ1) is 6.49. The van der Waals surface area contributed by atoms with Crippen LogP contribution >= 0.6 is 0 Å². The first kappa shape index (κ1) is 10.7. The van der Waals surface area contributed by atoms with Gasteiger partial charge in [0.1, 0.15) is 0 Å². The Hall–Kier alpha value is -1.35. The molecule has 0 saturated heterocycles. The molecule has 1 aliphatic carbocycles. The summed E-state index contributed by atoms with van der Waals surface area (Å²) < 4.78 is 0. The molecular formula is C11H16N2O. The minimum absolute atomic E-state index is 0.474. The summed E-state index contributed by atoms with van der Waals surface area (Å²) in [5, 5.41) is 20.0. The van der Waals surface area contributed by atoms with Crippen LogP contribution in [0.2, 0.25) is 0 Å². The average molecular weight is 192 g/mol. The third-order valence-corrected chi connectivity index (χ3v) is 1.75. The highest BCUT2D eigenvalue weighted by Crippen LogP contribution is 2.05. The molecule has 0 aromatic rings. The Morgan fingerprint density at radius 1 is 1.43 bits per heavy atom. The SMILES string of the molecule is CC(C)(O)CN/C=C1/C=CC=CC1=N.